The van der Waals surface area contributed by atoms with Crippen LogP contribution in [0.3, 0.4) is 0 Å². The lowest BCUT2D eigenvalue weighted by Crippen LogP contribution is -2.39. The molecule has 7 heteroatoms. The Morgan fingerprint density at radius 1 is 1.18 bits per heavy atom. The summed E-state index contributed by atoms with van der Waals surface area (Å²) < 4.78 is 0. The molecule has 1 aromatic heterocycles. The van der Waals surface area contributed by atoms with Crippen molar-refractivity contribution in [3.05, 3.63) is 30.1 Å². The number of halogens is 1. The van der Waals surface area contributed by atoms with E-state index >= 15 is 0 Å². The van der Waals surface area contributed by atoms with Crippen LogP contribution in [0.25, 0.3) is 0 Å². The van der Waals surface area contributed by atoms with Gasteiger partial charge in [-0.15, -0.1) is 24.0 Å². The lowest BCUT2D eigenvalue weighted by atomic mass is 10.3. The number of amides is 1. The highest BCUT2D eigenvalue weighted by atomic mass is 127. The van der Waals surface area contributed by atoms with Crippen molar-refractivity contribution in [2.75, 3.05) is 19.6 Å². The number of guanidine groups is 1. The molecule has 0 atom stereocenters. The number of carbonyl (C=O) groups is 1. The molecule has 6 nitrogen and oxygen atoms in total. The standard InChI is InChI=1S/C15H25N5O.HI/c1-3-9-18-14(21)8-11-19-15(16-4-2)20-12-13-7-5-6-10-17-13;/h5-7,10H,3-4,8-9,11-12H2,1-2H3,(H,18,21)(H2,16,19,20);1H. The van der Waals surface area contributed by atoms with E-state index in [1.165, 1.54) is 0 Å². The fraction of sp³-hybridized carbons (Fsp3) is 0.533. The Morgan fingerprint density at radius 2 is 2.00 bits per heavy atom. The van der Waals surface area contributed by atoms with Gasteiger partial charge >= 0.3 is 0 Å². The Kier molecular flexibility index (Phi) is 12.5. The van der Waals surface area contributed by atoms with Crippen LogP contribution in [0, 0.1) is 0 Å². The van der Waals surface area contributed by atoms with E-state index in [9.17, 15) is 4.79 Å². The van der Waals surface area contributed by atoms with Crippen molar-refractivity contribution in [1.82, 2.24) is 20.9 Å². The molecule has 22 heavy (non-hydrogen) atoms. The Labute approximate surface area is 149 Å². The Hall–Kier alpha value is -1.38. The lowest BCUT2D eigenvalue weighted by Gasteiger charge is -2.11. The molecule has 0 aliphatic heterocycles. The van der Waals surface area contributed by atoms with Gasteiger partial charge in [0.25, 0.3) is 0 Å². The minimum atomic E-state index is 0. The van der Waals surface area contributed by atoms with Gasteiger partial charge < -0.3 is 16.0 Å². The normalized spacial score (nSPS) is 10.5. The molecule has 1 rings (SSSR count). The van der Waals surface area contributed by atoms with Crippen LogP contribution in [0.15, 0.2) is 29.4 Å². The molecule has 0 saturated heterocycles. The summed E-state index contributed by atoms with van der Waals surface area (Å²) in [5.74, 6) is 0.761. The zero-order chi connectivity index (χ0) is 15.3. The van der Waals surface area contributed by atoms with Crippen molar-refractivity contribution in [2.45, 2.75) is 33.2 Å². The average Bonchev–Trinajstić information content (AvgIpc) is 2.51. The van der Waals surface area contributed by atoms with Gasteiger partial charge in [-0.25, -0.2) is 4.99 Å². The zero-order valence-electron chi connectivity index (χ0n) is 13.3. The van der Waals surface area contributed by atoms with Gasteiger partial charge in [0.05, 0.1) is 12.2 Å². The lowest BCUT2D eigenvalue weighted by molar-refractivity contribution is -0.120. The topological polar surface area (TPSA) is 78.4 Å². The average molecular weight is 419 g/mol. The highest BCUT2D eigenvalue weighted by molar-refractivity contribution is 14.0. The van der Waals surface area contributed by atoms with Gasteiger partial charge in [0.2, 0.25) is 5.91 Å². The van der Waals surface area contributed by atoms with Gasteiger partial charge in [0.15, 0.2) is 5.96 Å². The minimum absolute atomic E-state index is 0. The van der Waals surface area contributed by atoms with E-state index in [1.54, 1.807) is 6.20 Å². The fourth-order valence-corrected chi connectivity index (χ4v) is 1.64. The molecule has 0 fully saturated rings. The first kappa shape index (κ1) is 20.6. The molecule has 0 aromatic carbocycles. The second-order valence-corrected chi connectivity index (χ2v) is 4.54. The van der Waals surface area contributed by atoms with E-state index in [0.717, 1.165) is 25.2 Å². The summed E-state index contributed by atoms with van der Waals surface area (Å²) in [5.41, 5.74) is 0.912. The van der Waals surface area contributed by atoms with Crippen molar-refractivity contribution in [2.24, 2.45) is 4.99 Å². The molecule has 0 radical (unpaired) electrons. The Bertz CT molecular complexity index is 439. The molecule has 0 aliphatic rings. The van der Waals surface area contributed by atoms with Crippen LogP contribution in [-0.2, 0) is 11.3 Å². The van der Waals surface area contributed by atoms with E-state index in [0.29, 0.717) is 25.5 Å². The smallest absolute Gasteiger partial charge is 0.221 e. The molecule has 0 spiro atoms. The Balaban J connectivity index is 0.00000441. The van der Waals surface area contributed by atoms with Crippen LogP contribution in [0.5, 0.6) is 0 Å². The maximum atomic E-state index is 11.5. The highest BCUT2D eigenvalue weighted by Gasteiger charge is 2.02. The van der Waals surface area contributed by atoms with Crippen molar-refractivity contribution in [1.29, 1.82) is 0 Å². The quantitative estimate of drug-likeness (QED) is 0.340. The minimum Gasteiger partial charge on any atom is -0.357 e. The number of hydrogen-bond donors (Lipinski definition) is 3. The molecular weight excluding hydrogens is 393 g/mol. The molecule has 0 aliphatic carbocycles. The first-order chi connectivity index (χ1) is 10.3. The molecule has 0 saturated carbocycles. The number of aromatic nitrogens is 1. The first-order valence-electron chi connectivity index (χ1n) is 7.45. The number of rotatable bonds is 8. The van der Waals surface area contributed by atoms with Crippen molar-refractivity contribution in [3.8, 4) is 0 Å². The van der Waals surface area contributed by atoms with Crippen molar-refractivity contribution >= 4 is 35.8 Å². The molecule has 0 unspecified atom stereocenters. The van der Waals surface area contributed by atoms with Gasteiger partial charge in [-0.2, -0.15) is 0 Å². The molecule has 0 bridgehead atoms. The number of carbonyl (C=O) groups excluding carboxylic acids is 1. The number of nitrogens with one attached hydrogen (secondary N) is 3. The first-order valence-corrected chi connectivity index (χ1v) is 7.45. The van der Waals surface area contributed by atoms with E-state index in [1.807, 2.05) is 32.0 Å². The molecule has 124 valence electrons. The third-order valence-corrected chi connectivity index (χ3v) is 2.69. The number of nitrogens with zero attached hydrogens (tertiary/aromatic N) is 2. The zero-order valence-corrected chi connectivity index (χ0v) is 15.6. The van der Waals surface area contributed by atoms with Gasteiger partial charge in [-0.05, 0) is 25.5 Å². The van der Waals surface area contributed by atoms with Gasteiger partial charge in [-0.1, -0.05) is 13.0 Å². The fourth-order valence-electron chi connectivity index (χ4n) is 1.64. The van der Waals surface area contributed by atoms with Crippen LogP contribution in [0.1, 0.15) is 32.4 Å². The molecular formula is C15H26IN5O. The SMILES string of the molecule is CCCNC(=O)CCNC(=NCc1ccccn1)NCC.I. The molecule has 3 N–H and O–H groups in total. The number of hydrogen-bond acceptors (Lipinski definition) is 3. The highest BCUT2D eigenvalue weighted by Crippen LogP contribution is 1.95. The maximum absolute atomic E-state index is 11.5. The molecule has 1 amide bonds. The van der Waals surface area contributed by atoms with Crippen LogP contribution in [0.4, 0.5) is 0 Å². The van der Waals surface area contributed by atoms with Gasteiger partial charge in [-0.3, -0.25) is 9.78 Å². The van der Waals surface area contributed by atoms with Crippen LogP contribution in [0.2, 0.25) is 0 Å². The number of aliphatic imine (C=N–C) groups is 1. The summed E-state index contributed by atoms with van der Waals surface area (Å²) in [4.78, 5) is 20.2. The predicted molar refractivity (Wildman–Crippen MR) is 100 cm³/mol. The summed E-state index contributed by atoms with van der Waals surface area (Å²) >= 11 is 0. The van der Waals surface area contributed by atoms with Gasteiger partial charge in [0, 0.05) is 32.3 Å². The van der Waals surface area contributed by atoms with Crippen LogP contribution < -0.4 is 16.0 Å². The third kappa shape index (κ3) is 9.54. The largest absolute Gasteiger partial charge is 0.357 e. The third-order valence-electron chi connectivity index (χ3n) is 2.69. The van der Waals surface area contributed by atoms with Gasteiger partial charge in [0.1, 0.15) is 0 Å². The van der Waals surface area contributed by atoms with E-state index < -0.39 is 0 Å². The summed E-state index contributed by atoms with van der Waals surface area (Å²) in [6, 6.07) is 5.76. The Morgan fingerprint density at radius 3 is 2.64 bits per heavy atom. The summed E-state index contributed by atoms with van der Waals surface area (Å²) in [6.07, 6.45) is 3.14. The van der Waals surface area contributed by atoms with E-state index in [-0.39, 0.29) is 29.9 Å². The van der Waals surface area contributed by atoms with E-state index in [2.05, 4.69) is 25.9 Å². The van der Waals surface area contributed by atoms with Crippen molar-refractivity contribution in [3.63, 3.8) is 0 Å². The summed E-state index contributed by atoms with van der Waals surface area (Å²) in [7, 11) is 0. The van der Waals surface area contributed by atoms with E-state index in [4.69, 9.17) is 0 Å². The predicted octanol–water partition coefficient (Wildman–Crippen LogP) is 1.67. The summed E-state index contributed by atoms with van der Waals surface area (Å²) in [5, 5.41) is 9.14. The molecule has 1 heterocycles. The second kappa shape index (κ2) is 13.3. The monoisotopic (exact) mass is 419 g/mol. The molecule has 1 aromatic rings. The van der Waals surface area contributed by atoms with Crippen molar-refractivity contribution < 1.29 is 4.79 Å². The van der Waals surface area contributed by atoms with Crippen LogP contribution >= 0.6 is 24.0 Å². The second-order valence-electron chi connectivity index (χ2n) is 4.54. The van der Waals surface area contributed by atoms with Crippen LogP contribution in [-0.4, -0.2) is 36.5 Å². The maximum Gasteiger partial charge on any atom is 0.221 e. The number of pyridine rings is 1. The summed E-state index contributed by atoms with van der Waals surface area (Å²) in [6.45, 7) is 6.61.